The molecule has 0 atom stereocenters. The van der Waals surface area contributed by atoms with Gasteiger partial charge in [-0.15, -0.1) is 0 Å². The van der Waals surface area contributed by atoms with Crippen LogP contribution in [0.3, 0.4) is 0 Å². The quantitative estimate of drug-likeness (QED) is 0.775. The molecule has 0 saturated carbocycles. The van der Waals surface area contributed by atoms with Gasteiger partial charge in [-0.2, -0.15) is 0 Å². The number of hydrogen-bond acceptors (Lipinski definition) is 3. The first-order chi connectivity index (χ1) is 9.66. The van der Waals surface area contributed by atoms with Gasteiger partial charge in [-0.1, -0.05) is 35.3 Å². The van der Waals surface area contributed by atoms with Crippen LogP contribution in [0.2, 0.25) is 10.0 Å². The number of benzene rings is 2. The molecule has 0 aromatic heterocycles. The Morgan fingerprint density at radius 1 is 1.10 bits per heavy atom. The van der Waals surface area contributed by atoms with Crippen LogP contribution < -0.4 is 4.74 Å². The van der Waals surface area contributed by atoms with E-state index in [2.05, 4.69) is 4.99 Å². The van der Waals surface area contributed by atoms with Crippen LogP contribution in [0.4, 0.5) is 5.69 Å². The fourth-order valence-corrected chi connectivity index (χ4v) is 2.51. The van der Waals surface area contributed by atoms with Gasteiger partial charge in [0, 0.05) is 11.8 Å². The van der Waals surface area contributed by atoms with Crippen molar-refractivity contribution in [2.24, 2.45) is 4.99 Å². The van der Waals surface area contributed by atoms with Gasteiger partial charge in [0.1, 0.15) is 5.75 Å². The summed E-state index contributed by atoms with van der Waals surface area (Å²) in [7, 11) is 0. The van der Waals surface area contributed by atoms with Crippen molar-refractivity contribution >= 4 is 40.9 Å². The molecule has 0 spiro atoms. The van der Waals surface area contributed by atoms with Crippen LogP contribution >= 0.6 is 23.2 Å². The van der Waals surface area contributed by atoms with Crippen LogP contribution in [0.25, 0.3) is 0 Å². The molecule has 100 valence electrons. The van der Waals surface area contributed by atoms with E-state index in [0.717, 1.165) is 0 Å². The molecule has 0 fully saturated rings. The number of fused-ring (bicyclic) bond motifs is 1. The molecule has 3 rings (SSSR count). The van der Waals surface area contributed by atoms with Gasteiger partial charge in [-0.05, 0) is 24.3 Å². The molecule has 2 aromatic rings. The molecule has 5 heteroatoms. The van der Waals surface area contributed by atoms with Crippen molar-refractivity contribution in [3.8, 4) is 5.75 Å². The van der Waals surface area contributed by atoms with Crippen molar-refractivity contribution < 1.29 is 9.53 Å². The van der Waals surface area contributed by atoms with Crippen LogP contribution in [0.15, 0.2) is 41.4 Å². The van der Waals surface area contributed by atoms with E-state index in [1.165, 1.54) is 0 Å². The van der Waals surface area contributed by atoms with E-state index < -0.39 is 0 Å². The standard InChI is InChI=1S/C15H9Cl2NO2/c16-10-3-1-4-11(17)9(10)7-18-12-5-2-6-14-15(12)13(19)8-20-14/h1-7H,8H2/b18-7+. The Bertz CT molecular complexity index is 706. The van der Waals surface area contributed by atoms with Crippen molar-refractivity contribution in [3.05, 3.63) is 57.6 Å². The predicted molar refractivity (Wildman–Crippen MR) is 80.0 cm³/mol. The zero-order chi connectivity index (χ0) is 14.1. The average molecular weight is 306 g/mol. The van der Waals surface area contributed by atoms with E-state index in [9.17, 15) is 4.79 Å². The van der Waals surface area contributed by atoms with Crippen LogP contribution in [-0.2, 0) is 0 Å². The molecule has 0 unspecified atom stereocenters. The monoisotopic (exact) mass is 305 g/mol. The number of ketones is 1. The summed E-state index contributed by atoms with van der Waals surface area (Å²) in [4.78, 5) is 16.1. The number of aliphatic imine (C=N–C) groups is 1. The molecule has 0 aliphatic carbocycles. The van der Waals surface area contributed by atoms with E-state index in [-0.39, 0.29) is 12.4 Å². The zero-order valence-corrected chi connectivity index (χ0v) is 11.8. The van der Waals surface area contributed by atoms with E-state index in [1.54, 1.807) is 42.6 Å². The summed E-state index contributed by atoms with van der Waals surface area (Å²) >= 11 is 12.1. The minimum atomic E-state index is -0.0713. The Labute approximate surface area is 125 Å². The number of carbonyl (C=O) groups excluding carboxylic acids is 1. The van der Waals surface area contributed by atoms with Gasteiger partial charge in [0.25, 0.3) is 0 Å². The zero-order valence-electron chi connectivity index (χ0n) is 10.3. The summed E-state index contributed by atoms with van der Waals surface area (Å²) < 4.78 is 5.28. The smallest absolute Gasteiger partial charge is 0.206 e. The van der Waals surface area contributed by atoms with Gasteiger partial charge >= 0.3 is 0 Å². The number of ether oxygens (including phenoxy) is 1. The van der Waals surface area contributed by atoms with Gasteiger partial charge in [0.15, 0.2) is 6.61 Å². The number of Topliss-reactive ketones (excluding diaryl/α,β-unsaturated/α-hetero) is 1. The highest BCUT2D eigenvalue weighted by Gasteiger charge is 2.24. The third-order valence-electron chi connectivity index (χ3n) is 2.97. The van der Waals surface area contributed by atoms with Crippen LogP contribution in [-0.4, -0.2) is 18.6 Å². The molecule has 0 N–H and O–H groups in total. The summed E-state index contributed by atoms with van der Waals surface area (Å²) in [6.45, 7) is 0.0642. The molecule has 1 aliphatic rings. The highest BCUT2D eigenvalue weighted by molar-refractivity contribution is 6.38. The van der Waals surface area contributed by atoms with Crippen molar-refractivity contribution in [1.82, 2.24) is 0 Å². The Hall–Kier alpha value is -1.84. The van der Waals surface area contributed by atoms with E-state index in [1.807, 2.05) is 0 Å². The first-order valence-electron chi connectivity index (χ1n) is 5.94. The lowest BCUT2D eigenvalue weighted by atomic mass is 10.1. The first-order valence-corrected chi connectivity index (χ1v) is 6.69. The Morgan fingerprint density at radius 3 is 2.55 bits per heavy atom. The Balaban J connectivity index is 2.03. The Kier molecular flexibility index (Phi) is 3.47. The van der Waals surface area contributed by atoms with Gasteiger partial charge in [-0.25, -0.2) is 0 Å². The molecule has 0 saturated heterocycles. The fourth-order valence-electron chi connectivity index (χ4n) is 2.01. The third kappa shape index (κ3) is 2.30. The second-order valence-electron chi connectivity index (χ2n) is 4.26. The first kappa shape index (κ1) is 13.2. The van der Waals surface area contributed by atoms with Crippen LogP contribution in [0.1, 0.15) is 15.9 Å². The summed E-state index contributed by atoms with van der Waals surface area (Å²) in [5.41, 5.74) is 1.69. The van der Waals surface area contributed by atoms with Crippen molar-refractivity contribution in [2.75, 3.05) is 6.61 Å². The molecule has 1 heterocycles. The minimum absolute atomic E-state index is 0.0642. The maximum atomic E-state index is 11.8. The number of hydrogen-bond donors (Lipinski definition) is 0. The molecule has 20 heavy (non-hydrogen) atoms. The molecule has 0 amide bonds. The molecular formula is C15H9Cl2NO2. The second-order valence-corrected chi connectivity index (χ2v) is 5.07. The molecular weight excluding hydrogens is 297 g/mol. The average Bonchev–Trinajstić information content (AvgIpc) is 2.81. The van der Waals surface area contributed by atoms with Gasteiger partial charge in [-0.3, -0.25) is 9.79 Å². The molecule has 2 aromatic carbocycles. The number of halogens is 2. The maximum absolute atomic E-state index is 11.8. The summed E-state index contributed by atoms with van der Waals surface area (Å²) in [6, 6.07) is 10.5. The van der Waals surface area contributed by atoms with E-state index in [4.69, 9.17) is 27.9 Å². The van der Waals surface area contributed by atoms with Gasteiger partial charge in [0.2, 0.25) is 5.78 Å². The topological polar surface area (TPSA) is 38.7 Å². The SMILES string of the molecule is O=C1COc2cccc(/N=C/c3c(Cl)cccc3Cl)c21. The van der Waals surface area contributed by atoms with Crippen molar-refractivity contribution in [1.29, 1.82) is 0 Å². The molecule has 3 nitrogen and oxygen atoms in total. The fraction of sp³-hybridized carbons (Fsp3) is 0.0667. The maximum Gasteiger partial charge on any atom is 0.206 e. The summed E-state index contributed by atoms with van der Waals surface area (Å²) in [5, 5.41) is 1.02. The Morgan fingerprint density at radius 2 is 1.80 bits per heavy atom. The second kappa shape index (κ2) is 5.27. The summed E-state index contributed by atoms with van der Waals surface area (Å²) in [5.74, 6) is 0.493. The molecule has 0 radical (unpaired) electrons. The molecule has 1 aliphatic heterocycles. The highest BCUT2D eigenvalue weighted by atomic mass is 35.5. The van der Waals surface area contributed by atoms with Crippen LogP contribution in [0.5, 0.6) is 5.75 Å². The lowest BCUT2D eigenvalue weighted by Gasteiger charge is -2.02. The minimum Gasteiger partial charge on any atom is -0.485 e. The molecule has 0 bridgehead atoms. The van der Waals surface area contributed by atoms with Gasteiger partial charge < -0.3 is 4.74 Å². The van der Waals surface area contributed by atoms with Crippen LogP contribution in [0, 0.1) is 0 Å². The lowest BCUT2D eigenvalue weighted by Crippen LogP contribution is -1.99. The largest absolute Gasteiger partial charge is 0.485 e. The van der Waals surface area contributed by atoms with Crippen molar-refractivity contribution in [3.63, 3.8) is 0 Å². The van der Waals surface area contributed by atoms with Crippen molar-refractivity contribution in [2.45, 2.75) is 0 Å². The highest BCUT2D eigenvalue weighted by Crippen LogP contribution is 2.33. The number of carbonyl (C=O) groups is 1. The third-order valence-corrected chi connectivity index (χ3v) is 3.63. The van der Waals surface area contributed by atoms with E-state index >= 15 is 0 Å². The van der Waals surface area contributed by atoms with Gasteiger partial charge in [0.05, 0.1) is 21.3 Å². The number of nitrogens with zero attached hydrogens (tertiary/aromatic N) is 1. The number of rotatable bonds is 2. The normalized spacial score (nSPS) is 13.6. The summed E-state index contributed by atoms with van der Waals surface area (Å²) in [6.07, 6.45) is 1.56. The van der Waals surface area contributed by atoms with E-state index in [0.29, 0.717) is 32.6 Å². The predicted octanol–water partition coefficient (Wildman–Crippen LogP) is 4.32. The lowest BCUT2D eigenvalue weighted by molar-refractivity contribution is 0.0961.